The highest BCUT2D eigenvalue weighted by atomic mass is 19.1. The Bertz CT molecular complexity index is 363. The Morgan fingerprint density at radius 2 is 2.29 bits per heavy atom. The molecule has 2 nitrogen and oxygen atoms in total. The molecule has 74 valence electrons. The molecule has 0 atom stereocenters. The highest BCUT2D eigenvalue weighted by Gasteiger charge is 2.00. The first-order valence-electron chi connectivity index (χ1n) is 4.21. The normalized spacial score (nSPS) is 9.07. The van der Waals surface area contributed by atoms with Crippen LogP contribution in [0.4, 0.5) is 4.39 Å². The van der Waals surface area contributed by atoms with Crippen molar-refractivity contribution in [3.05, 3.63) is 29.6 Å². The average Bonchev–Trinajstić information content (AvgIpc) is 2.21. The summed E-state index contributed by atoms with van der Waals surface area (Å²) in [5, 5.41) is 8.50. The zero-order chi connectivity index (χ0) is 10.4. The molecule has 0 radical (unpaired) electrons. The number of hydrogen-bond donors (Lipinski definition) is 1. The van der Waals surface area contributed by atoms with Crippen molar-refractivity contribution in [3.63, 3.8) is 0 Å². The average molecular weight is 194 g/mol. The van der Waals surface area contributed by atoms with Crippen LogP contribution in [0.3, 0.4) is 0 Å². The Kier molecular flexibility index (Phi) is 3.96. The molecule has 0 aliphatic carbocycles. The van der Waals surface area contributed by atoms with Gasteiger partial charge in [-0.2, -0.15) is 0 Å². The fraction of sp³-hybridized carbons (Fsp3) is 0.273. The zero-order valence-corrected chi connectivity index (χ0v) is 7.88. The SMILES string of the molecule is COc1cc(C#CCCO)ccc1F. The predicted molar refractivity (Wildman–Crippen MR) is 51.5 cm³/mol. The molecular weight excluding hydrogens is 183 g/mol. The maximum absolute atomic E-state index is 12.9. The van der Waals surface area contributed by atoms with E-state index in [1.807, 2.05) is 0 Å². The van der Waals surface area contributed by atoms with Crippen molar-refractivity contribution in [3.8, 4) is 17.6 Å². The minimum absolute atomic E-state index is 0.0331. The van der Waals surface area contributed by atoms with Crippen LogP contribution >= 0.6 is 0 Å². The molecule has 0 amide bonds. The number of rotatable bonds is 2. The van der Waals surface area contributed by atoms with Crippen molar-refractivity contribution >= 4 is 0 Å². The zero-order valence-electron chi connectivity index (χ0n) is 7.88. The quantitative estimate of drug-likeness (QED) is 0.724. The molecule has 0 fully saturated rings. The van der Waals surface area contributed by atoms with Crippen LogP contribution in [-0.4, -0.2) is 18.8 Å². The van der Waals surface area contributed by atoms with E-state index in [0.29, 0.717) is 12.0 Å². The number of benzene rings is 1. The smallest absolute Gasteiger partial charge is 0.165 e. The lowest BCUT2D eigenvalue weighted by atomic mass is 10.2. The summed E-state index contributed by atoms with van der Waals surface area (Å²) in [5.41, 5.74) is 0.678. The lowest BCUT2D eigenvalue weighted by Crippen LogP contribution is -1.88. The van der Waals surface area contributed by atoms with Gasteiger partial charge in [-0.3, -0.25) is 0 Å². The summed E-state index contributed by atoms with van der Waals surface area (Å²) in [6, 6.07) is 4.41. The van der Waals surface area contributed by atoms with Gasteiger partial charge in [-0.1, -0.05) is 11.8 Å². The summed E-state index contributed by atoms with van der Waals surface area (Å²) in [4.78, 5) is 0. The molecular formula is C11H11FO2. The second-order valence-corrected chi connectivity index (χ2v) is 2.62. The van der Waals surface area contributed by atoms with E-state index in [-0.39, 0.29) is 12.4 Å². The maximum Gasteiger partial charge on any atom is 0.165 e. The van der Waals surface area contributed by atoms with Gasteiger partial charge >= 0.3 is 0 Å². The van der Waals surface area contributed by atoms with Crippen LogP contribution in [0.1, 0.15) is 12.0 Å². The Morgan fingerprint density at radius 1 is 1.50 bits per heavy atom. The highest BCUT2D eigenvalue weighted by molar-refractivity contribution is 5.40. The molecule has 3 heteroatoms. The molecule has 14 heavy (non-hydrogen) atoms. The lowest BCUT2D eigenvalue weighted by Gasteiger charge is -2.00. The van der Waals surface area contributed by atoms with Gasteiger partial charge in [0.2, 0.25) is 0 Å². The van der Waals surface area contributed by atoms with E-state index in [0.717, 1.165) is 0 Å². The first-order valence-corrected chi connectivity index (χ1v) is 4.21. The van der Waals surface area contributed by atoms with Crippen molar-refractivity contribution in [1.29, 1.82) is 0 Å². The topological polar surface area (TPSA) is 29.5 Å². The summed E-state index contributed by atoms with van der Waals surface area (Å²) in [7, 11) is 1.41. The Hall–Kier alpha value is -1.53. The maximum atomic E-state index is 12.9. The van der Waals surface area contributed by atoms with E-state index >= 15 is 0 Å². The monoisotopic (exact) mass is 194 g/mol. The summed E-state index contributed by atoms with van der Waals surface area (Å²) in [6.07, 6.45) is 0.416. The van der Waals surface area contributed by atoms with Gasteiger partial charge in [0.25, 0.3) is 0 Å². The molecule has 0 aliphatic heterocycles. The van der Waals surface area contributed by atoms with Crippen LogP contribution < -0.4 is 4.74 Å². The molecule has 0 saturated heterocycles. The van der Waals surface area contributed by atoms with Gasteiger partial charge in [-0.25, -0.2) is 4.39 Å². The van der Waals surface area contributed by atoms with Crippen LogP contribution in [0.25, 0.3) is 0 Å². The van der Waals surface area contributed by atoms with Crippen molar-refractivity contribution in [2.45, 2.75) is 6.42 Å². The van der Waals surface area contributed by atoms with E-state index in [9.17, 15) is 4.39 Å². The van der Waals surface area contributed by atoms with Crippen molar-refractivity contribution < 1.29 is 14.2 Å². The third-order valence-electron chi connectivity index (χ3n) is 1.62. The molecule has 0 bridgehead atoms. The van der Waals surface area contributed by atoms with Crippen molar-refractivity contribution in [1.82, 2.24) is 0 Å². The summed E-state index contributed by atoms with van der Waals surface area (Å²) < 4.78 is 17.7. The minimum atomic E-state index is -0.403. The highest BCUT2D eigenvalue weighted by Crippen LogP contribution is 2.17. The lowest BCUT2D eigenvalue weighted by molar-refractivity contribution is 0.305. The van der Waals surface area contributed by atoms with Gasteiger partial charge < -0.3 is 9.84 Å². The minimum Gasteiger partial charge on any atom is -0.494 e. The molecule has 1 N–H and O–H groups in total. The number of ether oxygens (including phenoxy) is 1. The number of aliphatic hydroxyl groups excluding tert-OH is 1. The van der Waals surface area contributed by atoms with Crippen molar-refractivity contribution in [2.75, 3.05) is 13.7 Å². The van der Waals surface area contributed by atoms with Crippen LogP contribution in [0.5, 0.6) is 5.75 Å². The van der Waals surface area contributed by atoms with Gasteiger partial charge in [-0.05, 0) is 18.2 Å². The van der Waals surface area contributed by atoms with Gasteiger partial charge in [-0.15, -0.1) is 0 Å². The first-order chi connectivity index (χ1) is 6.77. The largest absolute Gasteiger partial charge is 0.494 e. The third-order valence-corrected chi connectivity index (χ3v) is 1.62. The first kappa shape index (κ1) is 10.6. The molecule has 0 spiro atoms. The van der Waals surface area contributed by atoms with Crippen LogP contribution in [0, 0.1) is 17.7 Å². The van der Waals surface area contributed by atoms with E-state index in [1.54, 1.807) is 6.07 Å². The predicted octanol–water partition coefficient (Wildman–Crippen LogP) is 1.57. The molecule has 0 aliphatic rings. The molecule has 0 heterocycles. The molecule has 0 unspecified atom stereocenters. The molecule has 1 aromatic carbocycles. The fourth-order valence-electron chi connectivity index (χ4n) is 0.958. The number of aliphatic hydroxyl groups is 1. The van der Waals surface area contributed by atoms with Crippen LogP contribution in [0.2, 0.25) is 0 Å². The second-order valence-electron chi connectivity index (χ2n) is 2.62. The number of hydrogen-bond acceptors (Lipinski definition) is 2. The van der Waals surface area contributed by atoms with E-state index in [2.05, 4.69) is 11.8 Å². The Balaban J connectivity index is 2.86. The Labute approximate surface area is 82.3 Å². The van der Waals surface area contributed by atoms with Gasteiger partial charge in [0.15, 0.2) is 11.6 Å². The third kappa shape index (κ3) is 2.75. The molecule has 0 saturated carbocycles. The van der Waals surface area contributed by atoms with E-state index in [4.69, 9.17) is 9.84 Å². The number of methoxy groups -OCH3 is 1. The van der Waals surface area contributed by atoms with Gasteiger partial charge in [0.1, 0.15) is 0 Å². The fourth-order valence-corrected chi connectivity index (χ4v) is 0.958. The molecule has 1 rings (SSSR count). The molecule has 0 aromatic heterocycles. The van der Waals surface area contributed by atoms with Gasteiger partial charge in [0, 0.05) is 12.0 Å². The van der Waals surface area contributed by atoms with Crippen LogP contribution in [0.15, 0.2) is 18.2 Å². The van der Waals surface area contributed by atoms with Gasteiger partial charge in [0.05, 0.1) is 13.7 Å². The van der Waals surface area contributed by atoms with Crippen LogP contribution in [-0.2, 0) is 0 Å². The summed E-state index contributed by atoms with van der Waals surface area (Å²) >= 11 is 0. The van der Waals surface area contributed by atoms with Crippen molar-refractivity contribution in [2.24, 2.45) is 0 Å². The number of halogens is 1. The van der Waals surface area contributed by atoms with E-state index in [1.165, 1.54) is 19.2 Å². The van der Waals surface area contributed by atoms with E-state index < -0.39 is 5.82 Å². The molecule has 1 aromatic rings. The summed E-state index contributed by atoms with van der Waals surface area (Å²) in [5.74, 6) is 5.31. The Morgan fingerprint density at radius 3 is 2.93 bits per heavy atom. The second kappa shape index (κ2) is 5.25. The summed E-state index contributed by atoms with van der Waals surface area (Å²) in [6.45, 7) is 0.0331. The standard InChI is InChI=1S/C11H11FO2/c1-14-11-8-9(4-2-3-7-13)5-6-10(11)12/h5-6,8,13H,3,7H2,1H3.